The number of nitrogens with one attached hydrogen (secondary N) is 1. The maximum atomic E-state index is 12.3. The number of hydrogen-bond acceptors (Lipinski definition) is 6. The Balaban J connectivity index is 1.44. The standard InChI is InChI=1S/C21H17Cl2N3O3S/c1-11(16-9-12-5-2-3-7-14(12)20(28)29-16)25-26-21-24-19(27)17(30-21)10-13-6-4-8-15(22)18(13)23/h2-8,16-17H,9-10H2,1H3,(H,24,26,27)/b25-11-/t16-,17-/m0/s1. The lowest BCUT2D eigenvalue weighted by Crippen LogP contribution is -2.33. The van der Waals surface area contributed by atoms with Gasteiger partial charge in [-0.3, -0.25) is 4.79 Å². The molecule has 2 heterocycles. The Morgan fingerprint density at radius 1 is 1.20 bits per heavy atom. The Hall–Kier alpha value is -2.35. The molecule has 2 aromatic rings. The Kier molecular flexibility index (Phi) is 6.13. The van der Waals surface area contributed by atoms with Crippen LogP contribution in [0.1, 0.15) is 28.4 Å². The van der Waals surface area contributed by atoms with E-state index in [-0.39, 0.29) is 17.1 Å². The van der Waals surface area contributed by atoms with Gasteiger partial charge in [-0.1, -0.05) is 65.3 Å². The van der Waals surface area contributed by atoms with Crippen LogP contribution in [0, 0.1) is 0 Å². The fourth-order valence-corrected chi connectivity index (χ4v) is 4.59. The molecule has 0 bridgehead atoms. The molecular weight excluding hydrogens is 445 g/mol. The number of halogens is 2. The van der Waals surface area contributed by atoms with Gasteiger partial charge in [0.05, 0.1) is 26.6 Å². The van der Waals surface area contributed by atoms with Gasteiger partial charge in [-0.25, -0.2) is 4.79 Å². The third-order valence-electron chi connectivity index (χ3n) is 4.87. The van der Waals surface area contributed by atoms with Crippen molar-refractivity contribution in [3.8, 4) is 0 Å². The molecule has 0 radical (unpaired) electrons. The number of ether oxygens (including phenoxy) is 1. The topological polar surface area (TPSA) is 80.1 Å². The summed E-state index contributed by atoms with van der Waals surface area (Å²) in [7, 11) is 0. The largest absolute Gasteiger partial charge is 0.452 e. The van der Waals surface area contributed by atoms with Crippen molar-refractivity contribution in [3.05, 3.63) is 69.2 Å². The summed E-state index contributed by atoms with van der Waals surface area (Å²) >= 11 is 13.6. The minimum Gasteiger partial charge on any atom is -0.452 e. The molecule has 4 rings (SSSR count). The molecule has 0 unspecified atom stereocenters. The van der Waals surface area contributed by atoms with E-state index in [2.05, 4.69) is 15.5 Å². The average Bonchev–Trinajstić information content (AvgIpc) is 3.09. The molecule has 0 spiro atoms. The van der Waals surface area contributed by atoms with Crippen LogP contribution in [0.4, 0.5) is 0 Å². The van der Waals surface area contributed by atoms with Gasteiger partial charge >= 0.3 is 5.97 Å². The molecule has 1 N–H and O–H groups in total. The fourth-order valence-electron chi connectivity index (χ4n) is 3.25. The smallest absolute Gasteiger partial charge is 0.339 e. The number of cyclic esters (lactones) is 1. The van der Waals surface area contributed by atoms with Crippen molar-refractivity contribution in [1.29, 1.82) is 0 Å². The zero-order valence-corrected chi connectivity index (χ0v) is 18.2. The molecule has 1 amide bonds. The average molecular weight is 462 g/mol. The lowest BCUT2D eigenvalue weighted by Gasteiger charge is -2.23. The summed E-state index contributed by atoms with van der Waals surface area (Å²) in [6, 6.07) is 12.7. The molecule has 2 atom stereocenters. The molecule has 9 heteroatoms. The zero-order valence-electron chi connectivity index (χ0n) is 15.9. The number of thioether (sulfide) groups is 1. The number of hydrogen-bond donors (Lipinski definition) is 1. The molecule has 0 saturated carbocycles. The van der Waals surface area contributed by atoms with E-state index in [1.165, 1.54) is 11.8 Å². The molecule has 1 fully saturated rings. The molecule has 2 aromatic carbocycles. The number of carbonyl (C=O) groups excluding carboxylic acids is 2. The number of fused-ring (bicyclic) bond motifs is 1. The number of esters is 1. The minimum absolute atomic E-state index is 0.166. The Morgan fingerprint density at radius 2 is 2.00 bits per heavy atom. The number of benzene rings is 2. The van der Waals surface area contributed by atoms with Crippen LogP contribution >= 0.6 is 35.0 Å². The summed E-state index contributed by atoms with van der Waals surface area (Å²) in [6.07, 6.45) is 0.478. The summed E-state index contributed by atoms with van der Waals surface area (Å²) in [5.74, 6) is -0.535. The predicted molar refractivity (Wildman–Crippen MR) is 120 cm³/mol. The van der Waals surface area contributed by atoms with Gasteiger partial charge < -0.3 is 10.1 Å². The van der Waals surface area contributed by atoms with E-state index in [4.69, 9.17) is 27.9 Å². The molecule has 0 aromatic heterocycles. The molecule has 30 heavy (non-hydrogen) atoms. The zero-order chi connectivity index (χ0) is 21.3. The van der Waals surface area contributed by atoms with Crippen LogP contribution in [0.3, 0.4) is 0 Å². The molecule has 2 aliphatic heterocycles. The van der Waals surface area contributed by atoms with Crippen molar-refractivity contribution < 1.29 is 14.3 Å². The van der Waals surface area contributed by atoms with E-state index in [9.17, 15) is 9.59 Å². The van der Waals surface area contributed by atoms with Crippen molar-refractivity contribution in [3.63, 3.8) is 0 Å². The van der Waals surface area contributed by atoms with Crippen LogP contribution in [-0.2, 0) is 22.4 Å². The number of amidine groups is 1. The molecule has 154 valence electrons. The molecule has 0 aliphatic carbocycles. The van der Waals surface area contributed by atoms with Crippen molar-refractivity contribution in [2.24, 2.45) is 10.2 Å². The van der Waals surface area contributed by atoms with Crippen LogP contribution in [0.2, 0.25) is 10.0 Å². The molecular formula is C21H17Cl2N3O3S. The lowest BCUT2D eigenvalue weighted by atomic mass is 9.97. The first-order valence-electron chi connectivity index (χ1n) is 9.24. The van der Waals surface area contributed by atoms with Crippen LogP contribution in [0.5, 0.6) is 0 Å². The van der Waals surface area contributed by atoms with E-state index in [1.807, 2.05) is 18.2 Å². The van der Waals surface area contributed by atoms with Crippen LogP contribution in [-0.4, -0.2) is 34.1 Å². The van der Waals surface area contributed by atoms with Gasteiger partial charge in [-0.15, -0.1) is 5.10 Å². The number of amides is 1. The van der Waals surface area contributed by atoms with Gasteiger partial charge in [0.1, 0.15) is 6.10 Å². The Labute approximate surface area is 187 Å². The molecule has 1 saturated heterocycles. The highest BCUT2D eigenvalue weighted by atomic mass is 35.5. The summed E-state index contributed by atoms with van der Waals surface area (Å²) in [5, 5.41) is 12.0. The van der Waals surface area contributed by atoms with Gasteiger partial charge in [0.25, 0.3) is 0 Å². The first-order chi connectivity index (χ1) is 14.4. The highest BCUT2D eigenvalue weighted by Crippen LogP contribution is 2.30. The summed E-state index contributed by atoms with van der Waals surface area (Å²) < 4.78 is 5.48. The highest BCUT2D eigenvalue weighted by Gasteiger charge is 2.32. The number of carbonyl (C=O) groups is 2. The van der Waals surface area contributed by atoms with Gasteiger partial charge in [0.15, 0.2) is 5.17 Å². The molecule has 2 aliphatic rings. The van der Waals surface area contributed by atoms with Gasteiger partial charge in [-0.05, 0) is 36.6 Å². The van der Waals surface area contributed by atoms with E-state index in [1.54, 1.807) is 31.2 Å². The second-order valence-corrected chi connectivity index (χ2v) is 8.89. The Morgan fingerprint density at radius 3 is 2.83 bits per heavy atom. The maximum Gasteiger partial charge on any atom is 0.339 e. The third kappa shape index (κ3) is 4.38. The fraction of sp³-hybridized carbons (Fsp3) is 0.238. The van der Waals surface area contributed by atoms with E-state index < -0.39 is 6.10 Å². The first-order valence-corrected chi connectivity index (χ1v) is 10.9. The number of nitrogens with zero attached hydrogens (tertiary/aromatic N) is 2. The van der Waals surface area contributed by atoms with Crippen molar-refractivity contribution in [1.82, 2.24) is 5.32 Å². The first kappa shape index (κ1) is 20.9. The normalized spacial score (nSPS) is 22.6. The van der Waals surface area contributed by atoms with Gasteiger partial charge in [0.2, 0.25) is 5.91 Å². The SMILES string of the molecule is C/C(=N/N=C1\NC(=O)[C@H](Cc2cccc(Cl)c2Cl)S1)[C@@H]1Cc2ccccc2C(=O)O1. The predicted octanol–water partition coefficient (Wildman–Crippen LogP) is 4.28. The van der Waals surface area contributed by atoms with E-state index in [0.29, 0.717) is 39.3 Å². The maximum absolute atomic E-state index is 12.3. The Bertz CT molecular complexity index is 1090. The van der Waals surface area contributed by atoms with Crippen LogP contribution in [0.25, 0.3) is 0 Å². The van der Waals surface area contributed by atoms with Crippen molar-refractivity contribution in [2.75, 3.05) is 0 Å². The van der Waals surface area contributed by atoms with Crippen molar-refractivity contribution in [2.45, 2.75) is 31.1 Å². The van der Waals surface area contributed by atoms with E-state index >= 15 is 0 Å². The van der Waals surface area contributed by atoms with Crippen LogP contribution in [0.15, 0.2) is 52.7 Å². The quantitative estimate of drug-likeness (QED) is 0.418. The minimum atomic E-state index is -0.486. The third-order valence-corrected chi connectivity index (χ3v) is 6.80. The van der Waals surface area contributed by atoms with E-state index in [0.717, 1.165) is 11.1 Å². The molecule has 6 nitrogen and oxygen atoms in total. The van der Waals surface area contributed by atoms with Crippen molar-refractivity contribution >= 4 is 57.7 Å². The van der Waals surface area contributed by atoms with Crippen LogP contribution < -0.4 is 5.32 Å². The highest BCUT2D eigenvalue weighted by molar-refractivity contribution is 8.15. The summed E-state index contributed by atoms with van der Waals surface area (Å²) in [6.45, 7) is 1.75. The second kappa shape index (κ2) is 8.79. The second-order valence-electron chi connectivity index (χ2n) is 6.91. The summed E-state index contributed by atoms with van der Waals surface area (Å²) in [4.78, 5) is 24.5. The van der Waals surface area contributed by atoms with Gasteiger partial charge in [-0.2, -0.15) is 5.10 Å². The summed E-state index contributed by atoms with van der Waals surface area (Å²) in [5.41, 5.74) is 2.85. The lowest BCUT2D eigenvalue weighted by molar-refractivity contribution is -0.118. The number of rotatable bonds is 4. The van der Waals surface area contributed by atoms with Gasteiger partial charge in [0, 0.05) is 6.42 Å². The monoisotopic (exact) mass is 461 g/mol.